The highest BCUT2D eigenvalue weighted by Gasteiger charge is 2.12. The number of hydrogen-bond acceptors (Lipinski definition) is 2. The van der Waals surface area contributed by atoms with Crippen LogP contribution in [0.25, 0.3) is 0 Å². The average Bonchev–Trinajstić information content (AvgIpc) is 2.38. The van der Waals surface area contributed by atoms with Gasteiger partial charge in [-0.05, 0) is 43.9 Å². The normalized spacial score (nSPS) is 11.7. The summed E-state index contributed by atoms with van der Waals surface area (Å²) in [6.45, 7) is 7.37. The second-order valence-corrected chi connectivity index (χ2v) is 4.09. The molecule has 0 aromatic heterocycles. The summed E-state index contributed by atoms with van der Waals surface area (Å²) in [4.78, 5) is 0. The molecular formula is C16H22O2. The van der Waals surface area contributed by atoms with Crippen molar-refractivity contribution in [2.75, 3.05) is 13.2 Å². The van der Waals surface area contributed by atoms with Crippen LogP contribution in [0.1, 0.15) is 45.1 Å². The number of benzene rings is 1. The lowest BCUT2D eigenvalue weighted by atomic mass is 9.93. The molecule has 1 rings (SSSR count). The van der Waals surface area contributed by atoms with Crippen LogP contribution < -0.4 is 9.47 Å². The highest BCUT2D eigenvalue weighted by molar-refractivity contribution is 5.44. The minimum Gasteiger partial charge on any atom is -0.490 e. The first-order valence-corrected chi connectivity index (χ1v) is 6.59. The Balaban J connectivity index is 3.01. The molecule has 1 unspecified atom stereocenters. The predicted octanol–water partition coefficient (Wildman–Crippen LogP) is 4.00. The fraction of sp³-hybridized carbons (Fsp3) is 0.500. The molecule has 1 aromatic carbocycles. The molecule has 0 bridgehead atoms. The van der Waals surface area contributed by atoms with Crippen LogP contribution in [0.5, 0.6) is 11.5 Å². The summed E-state index contributed by atoms with van der Waals surface area (Å²) in [7, 11) is 0. The minimum absolute atomic E-state index is 0.393. The van der Waals surface area contributed by atoms with Crippen molar-refractivity contribution in [2.24, 2.45) is 0 Å². The molecule has 0 aliphatic heterocycles. The Morgan fingerprint density at radius 2 is 1.78 bits per heavy atom. The topological polar surface area (TPSA) is 18.5 Å². The maximum absolute atomic E-state index is 5.63. The first-order valence-electron chi connectivity index (χ1n) is 6.59. The van der Waals surface area contributed by atoms with E-state index in [1.54, 1.807) is 0 Å². The van der Waals surface area contributed by atoms with E-state index < -0.39 is 0 Å². The highest BCUT2D eigenvalue weighted by atomic mass is 16.5. The Morgan fingerprint density at radius 1 is 1.11 bits per heavy atom. The molecule has 0 aliphatic carbocycles. The molecule has 0 spiro atoms. The van der Waals surface area contributed by atoms with Crippen LogP contribution in [0.4, 0.5) is 0 Å². The molecule has 0 saturated carbocycles. The number of terminal acetylenes is 1. The van der Waals surface area contributed by atoms with Crippen molar-refractivity contribution in [1.29, 1.82) is 0 Å². The SMILES string of the molecule is C#CCC(CC)c1ccc(OCC)c(OCC)c1. The zero-order chi connectivity index (χ0) is 13.4. The monoisotopic (exact) mass is 246 g/mol. The van der Waals surface area contributed by atoms with E-state index in [9.17, 15) is 0 Å². The molecule has 0 heterocycles. The summed E-state index contributed by atoms with van der Waals surface area (Å²) in [5.74, 6) is 4.75. The van der Waals surface area contributed by atoms with Gasteiger partial charge in [0.25, 0.3) is 0 Å². The van der Waals surface area contributed by atoms with Gasteiger partial charge in [0.1, 0.15) is 0 Å². The Labute approximate surface area is 110 Å². The zero-order valence-electron chi connectivity index (χ0n) is 11.5. The second kappa shape index (κ2) is 7.66. The molecule has 0 radical (unpaired) electrons. The Kier molecular flexibility index (Phi) is 6.14. The van der Waals surface area contributed by atoms with Crippen LogP contribution in [0.3, 0.4) is 0 Å². The molecule has 18 heavy (non-hydrogen) atoms. The number of ether oxygens (including phenoxy) is 2. The highest BCUT2D eigenvalue weighted by Crippen LogP contribution is 2.33. The average molecular weight is 246 g/mol. The van der Waals surface area contributed by atoms with E-state index in [4.69, 9.17) is 15.9 Å². The van der Waals surface area contributed by atoms with E-state index in [0.717, 1.165) is 24.3 Å². The molecule has 0 saturated heterocycles. The van der Waals surface area contributed by atoms with E-state index in [2.05, 4.69) is 25.0 Å². The van der Waals surface area contributed by atoms with Crippen molar-refractivity contribution >= 4 is 0 Å². The predicted molar refractivity (Wildman–Crippen MR) is 75.3 cm³/mol. The molecule has 1 aromatic rings. The third kappa shape index (κ3) is 3.70. The fourth-order valence-electron chi connectivity index (χ4n) is 1.96. The Hall–Kier alpha value is -1.62. The molecule has 2 nitrogen and oxygen atoms in total. The third-order valence-corrected chi connectivity index (χ3v) is 2.90. The van der Waals surface area contributed by atoms with E-state index in [0.29, 0.717) is 19.1 Å². The lowest BCUT2D eigenvalue weighted by Crippen LogP contribution is -2.01. The second-order valence-electron chi connectivity index (χ2n) is 4.09. The van der Waals surface area contributed by atoms with Crippen molar-refractivity contribution in [3.05, 3.63) is 23.8 Å². The zero-order valence-corrected chi connectivity index (χ0v) is 11.5. The maximum Gasteiger partial charge on any atom is 0.161 e. The van der Waals surface area contributed by atoms with Crippen LogP contribution in [-0.4, -0.2) is 13.2 Å². The Morgan fingerprint density at radius 3 is 2.33 bits per heavy atom. The molecular weight excluding hydrogens is 224 g/mol. The van der Waals surface area contributed by atoms with Gasteiger partial charge in [-0.15, -0.1) is 12.3 Å². The summed E-state index contributed by atoms with van der Waals surface area (Å²) < 4.78 is 11.2. The summed E-state index contributed by atoms with van der Waals surface area (Å²) in [5, 5.41) is 0. The van der Waals surface area contributed by atoms with Gasteiger partial charge in [0.05, 0.1) is 13.2 Å². The van der Waals surface area contributed by atoms with Crippen LogP contribution in [0, 0.1) is 12.3 Å². The standard InChI is InChI=1S/C16H22O2/c1-5-9-13(6-2)14-10-11-15(17-7-3)16(12-14)18-8-4/h1,10-13H,6-9H2,2-4H3. The molecule has 98 valence electrons. The van der Waals surface area contributed by atoms with Crippen LogP contribution in [0.15, 0.2) is 18.2 Å². The van der Waals surface area contributed by atoms with Gasteiger partial charge < -0.3 is 9.47 Å². The first kappa shape index (κ1) is 14.4. The van der Waals surface area contributed by atoms with Gasteiger partial charge in [-0.2, -0.15) is 0 Å². The number of rotatable bonds is 7. The van der Waals surface area contributed by atoms with Gasteiger partial charge in [-0.3, -0.25) is 0 Å². The molecule has 0 aliphatic rings. The van der Waals surface area contributed by atoms with E-state index >= 15 is 0 Å². The van der Waals surface area contributed by atoms with Crippen LogP contribution in [-0.2, 0) is 0 Å². The van der Waals surface area contributed by atoms with Crippen molar-refractivity contribution in [2.45, 2.75) is 39.5 Å². The van der Waals surface area contributed by atoms with E-state index in [-0.39, 0.29) is 0 Å². The Bertz CT molecular complexity index is 404. The van der Waals surface area contributed by atoms with Gasteiger partial charge in [0.15, 0.2) is 11.5 Å². The van der Waals surface area contributed by atoms with E-state index in [1.165, 1.54) is 5.56 Å². The lowest BCUT2D eigenvalue weighted by Gasteiger charge is -2.16. The number of hydrogen-bond donors (Lipinski definition) is 0. The molecule has 0 amide bonds. The van der Waals surface area contributed by atoms with Crippen molar-refractivity contribution in [3.8, 4) is 23.8 Å². The van der Waals surface area contributed by atoms with Crippen LogP contribution >= 0.6 is 0 Å². The largest absolute Gasteiger partial charge is 0.490 e. The van der Waals surface area contributed by atoms with Gasteiger partial charge in [0, 0.05) is 6.42 Å². The van der Waals surface area contributed by atoms with Gasteiger partial charge in [0.2, 0.25) is 0 Å². The van der Waals surface area contributed by atoms with Crippen LogP contribution in [0.2, 0.25) is 0 Å². The molecule has 1 atom stereocenters. The maximum atomic E-state index is 5.63. The van der Waals surface area contributed by atoms with Gasteiger partial charge >= 0.3 is 0 Å². The molecule has 0 N–H and O–H groups in total. The molecule has 2 heteroatoms. The first-order chi connectivity index (χ1) is 8.76. The molecule has 0 fully saturated rings. The van der Waals surface area contributed by atoms with Gasteiger partial charge in [-0.1, -0.05) is 13.0 Å². The van der Waals surface area contributed by atoms with Gasteiger partial charge in [-0.25, -0.2) is 0 Å². The quantitative estimate of drug-likeness (QED) is 0.677. The summed E-state index contributed by atoms with van der Waals surface area (Å²) in [5.41, 5.74) is 1.22. The third-order valence-electron chi connectivity index (χ3n) is 2.90. The van der Waals surface area contributed by atoms with Crippen molar-refractivity contribution < 1.29 is 9.47 Å². The minimum atomic E-state index is 0.393. The van der Waals surface area contributed by atoms with Crippen molar-refractivity contribution in [3.63, 3.8) is 0 Å². The fourth-order valence-corrected chi connectivity index (χ4v) is 1.96. The summed E-state index contributed by atoms with van der Waals surface area (Å²) >= 11 is 0. The lowest BCUT2D eigenvalue weighted by molar-refractivity contribution is 0.287. The summed E-state index contributed by atoms with van der Waals surface area (Å²) in [6.07, 6.45) is 7.20. The smallest absolute Gasteiger partial charge is 0.161 e. The van der Waals surface area contributed by atoms with Crippen molar-refractivity contribution in [1.82, 2.24) is 0 Å². The van der Waals surface area contributed by atoms with E-state index in [1.807, 2.05) is 19.9 Å². The summed E-state index contributed by atoms with van der Waals surface area (Å²) in [6, 6.07) is 6.11.